The van der Waals surface area contributed by atoms with Crippen LogP contribution in [0.25, 0.3) is 0 Å². The molecule has 102 valence electrons. The third-order valence-corrected chi connectivity index (χ3v) is 3.68. The highest BCUT2D eigenvalue weighted by atomic mass is 32.2. The minimum absolute atomic E-state index is 0.417. The average Bonchev–Trinajstić information content (AvgIpc) is 2.45. The Morgan fingerprint density at radius 2 is 2.05 bits per heavy atom. The molecule has 1 aliphatic heterocycles. The summed E-state index contributed by atoms with van der Waals surface area (Å²) in [6, 6.07) is 8.00. The van der Waals surface area contributed by atoms with Crippen molar-refractivity contribution < 1.29 is 14.7 Å². The molecule has 6 heteroatoms. The molecule has 1 N–H and O–H groups in total. The smallest absolute Gasteiger partial charge is 0.344 e. The number of rotatable bonds is 5. The number of aliphatic carboxylic acids is 1. The number of hydrogen-bond acceptors (Lipinski definition) is 5. The van der Waals surface area contributed by atoms with Crippen LogP contribution in [-0.2, 0) is 9.63 Å². The van der Waals surface area contributed by atoms with Gasteiger partial charge >= 0.3 is 5.97 Å². The highest BCUT2D eigenvalue weighted by molar-refractivity contribution is 7.99. The van der Waals surface area contributed by atoms with Gasteiger partial charge in [-0.1, -0.05) is 17.3 Å². The third-order valence-electron chi connectivity index (χ3n) is 2.73. The molecule has 19 heavy (non-hydrogen) atoms. The molecule has 1 aliphatic rings. The number of carbonyl (C=O) groups is 1. The minimum Gasteiger partial charge on any atom is -0.479 e. The first-order valence-electron chi connectivity index (χ1n) is 6.05. The normalized spacial score (nSPS) is 15.7. The number of carboxylic acid groups (broad SMARTS) is 1. The van der Waals surface area contributed by atoms with E-state index < -0.39 is 12.6 Å². The predicted octanol–water partition coefficient (Wildman–Crippen LogP) is 1.67. The second-order valence-corrected chi connectivity index (χ2v) is 5.32. The molecule has 0 unspecified atom stereocenters. The van der Waals surface area contributed by atoms with Crippen molar-refractivity contribution in [2.45, 2.75) is 0 Å². The maximum Gasteiger partial charge on any atom is 0.344 e. The number of hydrogen-bond donors (Lipinski definition) is 1. The molecule has 0 aromatic heterocycles. The molecule has 1 fully saturated rings. The standard InChI is InChI=1S/C13H16N2O3S/c16-13(17)10-18-14-9-11-1-3-12(4-2-11)15-5-7-19-8-6-15/h1-4,9H,5-8,10H2,(H,16,17). The Morgan fingerprint density at radius 1 is 1.37 bits per heavy atom. The molecule has 1 saturated heterocycles. The lowest BCUT2D eigenvalue weighted by Crippen LogP contribution is -2.32. The second-order valence-electron chi connectivity index (χ2n) is 4.09. The van der Waals surface area contributed by atoms with Crippen LogP contribution in [0, 0.1) is 0 Å². The lowest BCUT2D eigenvalue weighted by atomic mass is 10.2. The zero-order valence-electron chi connectivity index (χ0n) is 10.5. The van der Waals surface area contributed by atoms with Crippen molar-refractivity contribution in [1.82, 2.24) is 0 Å². The average molecular weight is 280 g/mol. The first-order valence-corrected chi connectivity index (χ1v) is 7.21. The van der Waals surface area contributed by atoms with Crippen molar-refractivity contribution in [1.29, 1.82) is 0 Å². The van der Waals surface area contributed by atoms with Crippen molar-refractivity contribution in [2.24, 2.45) is 5.16 Å². The fourth-order valence-corrected chi connectivity index (χ4v) is 2.69. The Morgan fingerprint density at radius 3 is 2.68 bits per heavy atom. The summed E-state index contributed by atoms with van der Waals surface area (Å²) in [4.78, 5) is 17.2. The van der Waals surface area contributed by atoms with E-state index in [0.717, 1.165) is 18.7 Å². The van der Waals surface area contributed by atoms with Crippen molar-refractivity contribution in [3.05, 3.63) is 29.8 Å². The molecule has 0 aliphatic carbocycles. The van der Waals surface area contributed by atoms with Crippen LogP contribution in [0.2, 0.25) is 0 Å². The zero-order valence-corrected chi connectivity index (χ0v) is 11.3. The van der Waals surface area contributed by atoms with Gasteiger partial charge in [-0.2, -0.15) is 11.8 Å². The van der Waals surface area contributed by atoms with Crippen molar-refractivity contribution in [3.8, 4) is 0 Å². The van der Waals surface area contributed by atoms with Gasteiger partial charge in [-0.15, -0.1) is 0 Å². The minimum atomic E-state index is -1.03. The van der Waals surface area contributed by atoms with E-state index in [1.165, 1.54) is 23.4 Å². The summed E-state index contributed by atoms with van der Waals surface area (Å²) in [6.07, 6.45) is 1.51. The number of benzene rings is 1. The molecule has 0 atom stereocenters. The highest BCUT2D eigenvalue weighted by Gasteiger charge is 2.10. The molecular formula is C13H16N2O3S. The van der Waals surface area contributed by atoms with Crippen LogP contribution >= 0.6 is 11.8 Å². The van der Waals surface area contributed by atoms with Crippen LogP contribution in [0.1, 0.15) is 5.56 Å². The highest BCUT2D eigenvalue weighted by Crippen LogP contribution is 2.19. The van der Waals surface area contributed by atoms with E-state index in [9.17, 15) is 4.79 Å². The summed E-state index contributed by atoms with van der Waals surface area (Å²) >= 11 is 1.99. The summed E-state index contributed by atoms with van der Waals surface area (Å²) in [7, 11) is 0. The molecule has 1 aromatic carbocycles. The maximum atomic E-state index is 10.2. The Labute approximate surface area is 116 Å². The van der Waals surface area contributed by atoms with Gasteiger partial charge in [0.1, 0.15) is 0 Å². The first-order chi connectivity index (χ1) is 9.25. The number of carboxylic acids is 1. The largest absolute Gasteiger partial charge is 0.479 e. The van der Waals surface area contributed by atoms with E-state index in [-0.39, 0.29) is 0 Å². The first kappa shape index (κ1) is 13.7. The van der Waals surface area contributed by atoms with E-state index in [0.29, 0.717) is 0 Å². The second kappa shape index (κ2) is 7.04. The molecule has 1 aromatic rings. The van der Waals surface area contributed by atoms with E-state index in [4.69, 9.17) is 5.11 Å². The molecular weight excluding hydrogens is 264 g/mol. The van der Waals surface area contributed by atoms with Gasteiger partial charge < -0.3 is 14.8 Å². The number of nitrogens with zero attached hydrogens (tertiary/aromatic N) is 2. The molecule has 0 bridgehead atoms. The summed E-state index contributed by atoms with van der Waals surface area (Å²) in [5.74, 6) is 1.31. The lowest BCUT2D eigenvalue weighted by Gasteiger charge is -2.28. The van der Waals surface area contributed by atoms with Crippen LogP contribution < -0.4 is 4.90 Å². The van der Waals surface area contributed by atoms with Gasteiger partial charge in [0.05, 0.1) is 6.21 Å². The Kier molecular flexibility index (Phi) is 5.09. The van der Waals surface area contributed by atoms with Crippen molar-refractivity contribution in [2.75, 3.05) is 36.1 Å². The Balaban J connectivity index is 1.88. The van der Waals surface area contributed by atoms with Crippen LogP contribution in [0.3, 0.4) is 0 Å². The quantitative estimate of drug-likeness (QED) is 0.656. The summed E-state index contributed by atoms with van der Waals surface area (Å²) in [6.45, 7) is 1.75. The molecule has 5 nitrogen and oxygen atoms in total. The van der Waals surface area contributed by atoms with Crippen molar-refractivity contribution in [3.63, 3.8) is 0 Å². The lowest BCUT2D eigenvalue weighted by molar-refractivity contribution is -0.142. The van der Waals surface area contributed by atoms with Crippen molar-refractivity contribution >= 4 is 29.6 Å². The SMILES string of the molecule is O=C(O)CON=Cc1ccc(N2CCSCC2)cc1. The van der Waals surface area contributed by atoms with E-state index in [1.807, 2.05) is 23.9 Å². The van der Waals surface area contributed by atoms with Crippen LogP contribution in [0.15, 0.2) is 29.4 Å². The fourth-order valence-electron chi connectivity index (χ4n) is 1.78. The monoisotopic (exact) mass is 280 g/mol. The van der Waals surface area contributed by atoms with Gasteiger partial charge in [0, 0.05) is 30.3 Å². The van der Waals surface area contributed by atoms with E-state index >= 15 is 0 Å². The van der Waals surface area contributed by atoms with Gasteiger partial charge in [-0.05, 0) is 17.7 Å². The molecule has 0 radical (unpaired) electrons. The van der Waals surface area contributed by atoms with Crippen LogP contribution in [0.4, 0.5) is 5.69 Å². The van der Waals surface area contributed by atoms with E-state index in [2.05, 4.69) is 27.0 Å². The van der Waals surface area contributed by atoms with Gasteiger partial charge in [0.15, 0.2) is 0 Å². The summed E-state index contributed by atoms with van der Waals surface area (Å²) in [5.41, 5.74) is 2.10. The van der Waals surface area contributed by atoms with Gasteiger partial charge in [-0.25, -0.2) is 4.79 Å². The van der Waals surface area contributed by atoms with Gasteiger partial charge in [0.25, 0.3) is 0 Å². The topological polar surface area (TPSA) is 62.1 Å². The predicted molar refractivity (Wildman–Crippen MR) is 77.2 cm³/mol. The van der Waals surface area contributed by atoms with Gasteiger partial charge in [0.2, 0.25) is 6.61 Å². The summed E-state index contributed by atoms with van der Waals surface area (Å²) < 4.78 is 0. The molecule has 1 heterocycles. The van der Waals surface area contributed by atoms with E-state index in [1.54, 1.807) is 0 Å². The fraction of sp³-hybridized carbons (Fsp3) is 0.385. The maximum absolute atomic E-state index is 10.2. The molecule has 0 spiro atoms. The number of oxime groups is 1. The Bertz CT molecular complexity index is 442. The molecule has 0 amide bonds. The van der Waals surface area contributed by atoms with Crippen LogP contribution in [0.5, 0.6) is 0 Å². The third kappa shape index (κ3) is 4.48. The number of thioether (sulfide) groups is 1. The molecule has 2 rings (SSSR count). The number of anilines is 1. The van der Waals surface area contributed by atoms with Crippen LogP contribution in [-0.4, -0.2) is 48.5 Å². The summed E-state index contributed by atoms with van der Waals surface area (Å²) in [5, 5.41) is 12.0. The molecule has 0 saturated carbocycles. The Hall–Kier alpha value is -1.69. The van der Waals surface area contributed by atoms with Gasteiger partial charge in [-0.3, -0.25) is 0 Å². The zero-order chi connectivity index (χ0) is 13.5.